The van der Waals surface area contributed by atoms with E-state index >= 15 is 0 Å². The summed E-state index contributed by atoms with van der Waals surface area (Å²) in [6.07, 6.45) is 2.44. The molecule has 2 amide bonds. The number of aromatic nitrogens is 2. The number of nitrogens with one attached hydrogen (secondary N) is 2. The molecule has 2 aromatic rings. The number of hydrogen-bond donors (Lipinski definition) is 3. The van der Waals surface area contributed by atoms with Gasteiger partial charge in [0.15, 0.2) is 11.4 Å². The van der Waals surface area contributed by atoms with Crippen LogP contribution < -0.4 is 10.6 Å². The van der Waals surface area contributed by atoms with Gasteiger partial charge in [-0.25, -0.2) is 14.8 Å². The minimum absolute atomic E-state index is 0.113. The summed E-state index contributed by atoms with van der Waals surface area (Å²) < 4.78 is 0. The fraction of sp³-hybridized carbons (Fsp3) is 0.188. The standard InChI is InChI=1S/C16H16N4O4/c1-9(2)14(21)19-10-3-5-11(6-4-10)20-15(22)12-13(16(23)24)18-8-7-17-12/h3-9H,1-2H3,(H,19,21)(H,20,22)(H,23,24). The number of carboxylic acids is 1. The van der Waals surface area contributed by atoms with E-state index in [1.807, 2.05) is 0 Å². The van der Waals surface area contributed by atoms with Gasteiger partial charge in [-0.05, 0) is 24.3 Å². The van der Waals surface area contributed by atoms with Crippen LogP contribution in [0.4, 0.5) is 11.4 Å². The second kappa shape index (κ2) is 7.32. The number of aromatic carboxylic acids is 1. The van der Waals surface area contributed by atoms with Crippen LogP contribution in [-0.2, 0) is 4.79 Å². The molecule has 0 saturated carbocycles. The number of carbonyl (C=O) groups excluding carboxylic acids is 2. The van der Waals surface area contributed by atoms with E-state index in [0.29, 0.717) is 11.4 Å². The fourth-order valence-corrected chi connectivity index (χ4v) is 1.77. The van der Waals surface area contributed by atoms with Gasteiger partial charge in [0.1, 0.15) is 0 Å². The number of carboxylic acid groups (broad SMARTS) is 1. The number of amides is 2. The van der Waals surface area contributed by atoms with Crippen molar-refractivity contribution < 1.29 is 19.5 Å². The summed E-state index contributed by atoms with van der Waals surface area (Å²) in [6.45, 7) is 3.57. The van der Waals surface area contributed by atoms with Crippen molar-refractivity contribution in [3.63, 3.8) is 0 Å². The first kappa shape index (κ1) is 17.1. The van der Waals surface area contributed by atoms with Gasteiger partial charge >= 0.3 is 5.97 Å². The summed E-state index contributed by atoms with van der Waals surface area (Å²) in [5.74, 6) is -2.27. The third-order valence-electron chi connectivity index (χ3n) is 3.05. The summed E-state index contributed by atoms with van der Waals surface area (Å²) in [7, 11) is 0. The minimum atomic E-state index is -1.33. The van der Waals surface area contributed by atoms with Gasteiger partial charge in [-0.15, -0.1) is 0 Å². The van der Waals surface area contributed by atoms with E-state index in [2.05, 4.69) is 20.6 Å². The van der Waals surface area contributed by atoms with Crippen molar-refractivity contribution in [3.05, 3.63) is 48.0 Å². The number of rotatable bonds is 5. The highest BCUT2D eigenvalue weighted by molar-refractivity contribution is 6.08. The second-order valence-corrected chi connectivity index (χ2v) is 5.23. The maximum Gasteiger partial charge on any atom is 0.356 e. The Kier molecular flexibility index (Phi) is 5.20. The molecule has 8 heteroatoms. The van der Waals surface area contributed by atoms with Crippen molar-refractivity contribution in [2.75, 3.05) is 10.6 Å². The zero-order valence-electron chi connectivity index (χ0n) is 13.1. The van der Waals surface area contributed by atoms with Crippen LogP contribution in [0.15, 0.2) is 36.7 Å². The van der Waals surface area contributed by atoms with Gasteiger partial charge < -0.3 is 15.7 Å². The van der Waals surface area contributed by atoms with Crippen molar-refractivity contribution >= 4 is 29.2 Å². The van der Waals surface area contributed by atoms with E-state index in [-0.39, 0.29) is 17.5 Å². The van der Waals surface area contributed by atoms with Crippen molar-refractivity contribution in [3.8, 4) is 0 Å². The lowest BCUT2D eigenvalue weighted by molar-refractivity contribution is -0.118. The lowest BCUT2D eigenvalue weighted by atomic mass is 10.2. The van der Waals surface area contributed by atoms with E-state index < -0.39 is 17.6 Å². The van der Waals surface area contributed by atoms with Gasteiger partial charge in [0.05, 0.1) is 0 Å². The SMILES string of the molecule is CC(C)C(=O)Nc1ccc(NC(=O)c2nccnc2C(=O)O)cc1. The smallest absolute Gasteiger partial charge is 0.356 e. The van der Waals surface area contributed by atoms with Crippen LogP contribution in [0.3, 0.4) is 0 Å². The van der Waals surface area contributed by atoms with Crippen LogP contribution >= 0.6 is 0 Å². The third-order valence-corrected chi connectivity index (χ3v) is 3.05. The number of anilines is 2. The molecule has 0 saturated heterocycles. The molecule has 0 bridgehead atoms. The Morgan fingerprint density at radius 1 is 0.917 bits per heavy atom. The molecule has 8 nitrogen and oxygen atoms in total. The largest absolute Gasteiger partial charge is 0.476 e. The first-order valence-corrected chi connectivity index (χ1v) is 7.15. The Balaban J connectivity index is 2.10. The molecule has 0 aliphatic heterocycles. The first-order chi connectivity index (χ1) is 11.4. The van der Waals surface area contributed by atoms with Gasteiger partial charge in [-0.3, -0.25) is 9.59 Å². The third kappa shape index (κ3) is 4.13. The molecule has 0 atom stereocenters. The molecule has 0 radical (unpaired) electrons. The molecule has 1 aromatic heterocycles. The lowest BCUT2D eigenvalue weighted by Gasteiger charge is -2.09. The number of benzene rings is 1. The zero-order valence-corrected chi connectivity index (χ0v) is 13.1. The Hall–Kier alpha value is -3.29. The topological polar surface area (TPSA) is 121 Å². The molecule has 124 valence electrons. The van der Waals surface area contributed by atoms with Gasteiger partial charge in [-0.2, -0.15) is 0 Å². The second-order valence-electron chi connectivity index (χ2n) is 5.23. The average molecular weight is 328 g/mol. The maximum absolute atomic E-state index is 12.1. The van der Waals surface area contributed by atoms with Gasteiger partial charge in [0.2, 0.25) is 5.91 Å². The fourth-order valence-electron chi connectivity index (χ4n) is 1.77. The normalized spacial score (nSPS) is 10.3. The van der Waals surface area contributed by atoms with Crippen LogP contribution in [0.1, 0.15) is 34.8 Å². The molecular weight excluding hydrogens is 312 g/mol. The van der Waals surface area contributed by atoms with Crippen molar-refractivity contribution in [1.29, 1.82) is 0 Å². The highest BCUT2D eigenvalue weighted by atomic mass is 16.4. The molecule has 0 unspecified atom stereocenters. The number of carbonyl (C=O) groups is 3. The molecule has 2 rings (SSSR count). The van der Waals surface area contributed by atoms with Gasteiger partial charge in [0, 0.05) is 29.7 Å². The highest BCUT2D eigenvalue weighted by Crippen LogP contribution is 2.15. The Morgan fingerprint density at radius 2 is 1.42 bits per heavy atom. The summed E-state index contributed by atoms with van der Waals surface area (Å²) in [5, 5.41) is 14.3. The van der Waals surface area contributed by atoms with E-state index in [4.69, 9.17) is 5.11 Å². The molecule has 0 aliphatic rings. The van der Waals surface area contributed by atoms with Crippen molar-refractivity contribution in [2.45, 2.75) is 13.8 Å². The number of hydrogen-bond acceptors (Lipinski definition) is 5. The Labute approximate surface area is 137 Å². The quantitative estimate of drug-likeness (QED) is 0.772. The Bertz CT molecular complexity index is 772. The molecule has 3 N–H and O–H groups in total. The lowest BCUT2D eigenvalue weighted by Crippen LogP contribution is -2.19. The molecule has 1 aromatic carbocycles. The number of nitrogens with zero attached hydrogens (tertiary/aromatic N) is 2. The Morgan fingerprint density at radius 3 is 1.92 bits per heavy atom. The molecule has 0 aliphatic carbocycles. The van der Waals surface area contributed by atoms with Crippen LogP contribution in [0, 0.1) is 5.92 Å². The monoisotopic (exact) mass is 328 g/mol. The van der Waals surface area contributed by atoms with Crippen molar-refractivity contribution in [2.24, 2.45) is 5.92 Å². The molecule has 1 heterocycles. The van der Waals surface area contributed by atoms with E-state index in [9.17, 15) is 14.4 Å². The van der Waals surface area contributed by atoms with Gasteiger partial charge in [0.25, 0.3) is 5.91 Å². The van der Waals surface area contributed by atoms with Gasteiger partial charge in [-0.1, -0.05) is 13.8 Å². The summed E-state index contributed by atoms with van der Waals surface area (Å²) in [5.41, 5.74) is 0.333. The molecule has 0 fully saturated rings. The molecule has 0 spiro atoms. The van der Waals surface area contributed by atoms with Crippen molar-refractivity contribution in [1.82, 2.24) is 9.97 Å². The van der Waals surface area contributed by atoms with E-state index in [1.165, 1.54) is 12.4 Å². The summed E-state index contributed by atoms with van der Waals surface area (Å²) in [6, 6.07) is 6.44. The molecular formula is C16H16N4O4. The van der Waals surface area contributed by atoms with E-state index in [0.717, 1.165) is 0 Å². The van der Waals surface area contributed by atoms with Crippen LogP contribution in [0.2, 0.25) is 0 Å². The summed E-state index contributed by atoms with van der Waals surface area (Å²) in [4.78, 5) is 42.2. The minimum Gasteiger partial charge on any atom is -0.476 e. The highest BCUT2D eigenvalue weighted by Gasteiger charge is 2.19. The van der Waals surface area contributed by atoms with E-state index in [1.54, 1.807) is 38.1 Å². The first-order valence-electron chi connectivity index (χ1n) is 7.15. The predicted molar refractivity (Wildman–Crippen MR) is 86.9 cm³/mol. The summed E-state index contributed by atoms with van der Waals surface area (Å²) >= 11 is 0. The predicted octanol–water partition coefficient (Wildman–Crippen LogP) is 2.02. The average Bonchev–Trinajstić information content (AvgIpc) is 2.56. The van der Waals surface area contributed by atoms with Crippen LogP contribution in [0.5, 0.6) is 0 Å². The van der Waals surface area contributed by atoms with Crippen LogP contribution in [-0.4, -0.2) is 32.9 Å². The van der Waals surface area contributed by atoms with Crippen LogP contribution in [0.25, 0.3) is 0 Å². The maximum atomic E-state index is 12.1. The molecule has 24 heavy (non-hydrogen) atoms. The zero-order chi connectivity index (χ0) is 17.7.